The van der Waals surface area contributed by atoms with E-state index in [0.717, 1.165) is 30.7 Å². The first-order valence-corrected chi connectivity index (χ1v) is 6.98. The summed E-state index contributed by atoms with van der Waals surface area (Å²) < 4.78 is 5.59. The average Bonchev–Trinajstić information content (AvgIpc) is 2.86. The van der Waals surface area contributed by atoms with E-state index >= 15 is 0 Å². The molecule has 1 aromatic rings. The van der Waals surface area contributed by atoms with Crippen LogP contribution in [-0.2, 0) is 4.79 Å². The fourth-order valence-corrected chi connectivity index (χ4v) is 2.42. The molecule has 4 heteroatoms. The molecule has 0 aliphatic carbocycles. The molecule has 0 bridgehead atoms. The van der Waals surface area contributed by atoms with Crippen LogP contribution >= 0.6 is 0 Å². The second-order valence-electron chi connectivity index (χ2n) is 4.87. The van der Waals surface area contributed by atoms with Crippen LogP contribution in [0.25, 0.3) is 0 Å². The topological polar surface area (TPSA) is 55.6 Å². The van der Waals surface area contributed by atoms with Gasteiger partial charge in [0.05, 0.1) is 0 Å². The van der Waals surface area contributed by atoms with Crippen molar-refractivity contribution in [1.82, 2.24) is 4.90 Å². The molecule has 0 spiro atoms. The van der Waals surface area contributed by atoms with Crippen LogP contribution in [0, 0.1) is 0 Å². The summed E-state index contributed by atoms with van der Waals surface area (Å²) in [5.74, 6) is 0.812. The Morgan fingerprint density at radius 3 is 2.95 bits per heavy atom. The van der Waals surface area contributed by atoms with Crippen molar-refractivity contribution in [1.29, 1.82) is 0 Å². The molecule has 1 atom stereocenters. The van der Waals surface area contributed by atoms with Crippen molar-refractivity contribution < 1.29 is 9.53 Å². The van der Waals surface area contributed by atoms with Crippen LogP contribution in [0.3, 0.4) is 0 Å². The van der Waals surface area contributed by atoms with Crippen molar-refractivity contribution in [2.45, 2.75) is 25.7 Å². The molecule has 1 amide bonds. The van der Waals surface area contributed by atoms with Gasteiger partial charge in [-0.1, -0.05) is 31.5 Å². The highest BCUT2D eigenvalue weighted by atomic mass is 16.5. The normalized spacial score (nSPS) is 16.8. The molecule has 1 unspecified atom stereocenters. The lowest BCUT2D eigenvalue weighted by Crippen LogP contribution is -2.39. The minimum atomic E-state index is -0.167. The van der Waals surface area contributed by atoms with Gasteiger partial charge in [-0.3, -0.25) is 4.79 Å². The zero-order chi connectivity index (χ0) is 13.7. The van der Waals surface area contributed by atoms with Crippen LogP contribution < -0.4 is 10.5 Å². The summed E-state index contributed by atoms with van der Waals surface area (Å²) in [6, 6.07) is 7.78. The van der Waals surface area contributed by atoms with E-state index in [1.165, 1.54) is 0 Å². The number of unbranched alkanes of at least 4 members (excludes halogenated alkanes) is 1. The van der Waals surface area contributed by atoms with Crippen LogP contribution in [-0.4, -0.2) is 37.0 Å². The lowest BCUT2D eigenvalue weighted by molar-refractivity contribution is -0.133. The Kier molecular flexibility index (Phi) is 4.80. The van der Waals surface area contributed by atoms with E-state index in [1.54, 1.807) is 0 Å². The van der Waals surface area contributed by atoms with Gasteiger partial charge < -0.3 is 15.4 Å². The third-order valence-corrected chi connectivity index (χ3v) is 3.49. The fourth-order valence-electron chi connectivity index (χ4n) is 2.42. The third kappa shape index (κ3) is 3.07. The maximum atomic E-state index is 12.6. The zero-order valence-electron chi connectivity index (χ0n) is 11.5. The molecule has 0 aromatic heterocycles. The zero-order valence-corrected chi connectivity index (χ0v) is 11.5. The number of carbonyl (C=O) groups excluding carboxylic acids is 1. The lowest BCUT2D eigenvalue weighted by atomic mass is 9.99. The average molecular weight is 262 g/mol. The maximum Gasteiger partial charge on any atom is 0.233 e. The first kappa shape index (κ1) is 13.9. The van der Waals surface area contributed by atoms with Gasteiger partial charge in [0.1, 0.15) is 18.3 Å². The number of nitrogens with two attached hydrogens (primary N) is 1. The number of hydrogen-bond acceptors (Lipinski definition) is 3. The Morgan fingerprint density at radius 2 is 2.21 bits per heavy atom. The molecular formula is C15H22N2O2. The van der Waals surface area contributed by atoms with E-state index in [0.29, 0.717) is 19.7 Å². The van der Waals surface area contributed by atoms with E-state index in [-0.39, 0.29) is 11.8 Å². The Morgan fingerprint density at radius 1 is 1.42 bits per heavy atom. The largest absolute Gasteiger partial charge is 0.492 e. The minimum absolute atomic E-state index is 0.142. The van der Waals surface area contributed by atoms with Crippen molar-refractivity contribution >= 4 is 5.91 Å². The maximum absolute atomic E-state index is 12.6. The highest BCUT2D eigenvalue weighted by molar-refractivity contribution is 5.85. The number of fused-ring (bicyclic) bond motifs is 1. The Balaban J connectivity index is 2.10. The van der Waals surface area contributed by atoms with Gasteiger partial charge in [-0.15, -0.1) is 0 Å². The summed E-state index contributed by atoms with van der Waals surface area (Å²) in [5.41, 5.74) is 6.61. The molecule has 104 valence electrons. The molecule has 1 aliphatic heterocycles. The minimum Gasteiger partial charge on any atom is -0.492 e. The summed E-state index contributed by atoms with van der Waals surface area (Å²) in [6.45, 7) is 4.48. The molecule has 19 heavy (non-hydrogen) atoms. The van der Waals surface area contributed by atoms with Crippen molar-refractivity contribution in [3.05, 3.63) is 29.8 Å². The predicted molar refractivity (Wildman–Crippen MR) is 75.2 cm³/mol. The first-order chi connectivity index (χ1) is 9.27. The van der Waals surface area contributed by atoms with Crippen LogP contribution in [0.5, 0.6) is 5.75 Å². The molecule has 0 saturated carbocycles. The van der Waals surface area contributed by atoms with Gasteiger partial charge in [0.25, 0.3) is 0 Å². The van der Waals surface area contributed by atoms with E-state index < -0.39 is 0 Å². The number of para-hydroxylation sites is 1. The number of carbonyl (C=O) groups is 1. The molecule has 1 aromatic carbocycles. The van der Waals surface area contributed by atoms with Gasteiger partial charge in [-0.25, -0.2) is 0 Å². The molecule has 0 radical (unpaired) electrons. The highest BCUT2D eigenvalue weighted by Gasteiger charge is 2.32. The Bertz CT molecular complexity index is 434. The van der Waals surface area contributed by atoms with Gasteiger partial charge >= 0.3 is 0 Å². The Labute approximate surface area is 114 Å². The number of amides is 1. The van der Waals surface area contributed by atoms with Gasteiger partial charge in [0.15, 0.2) is 0 Å². The second-order valence-corrected chi connectivity index (χ2v) is 4.87. The van der Waals surface area contributed by atoms with Gasteiger partial charge in [0, 0.05) is 25.2 Å². The monoisotopic (exact) mass is 262 g/mol. The number of nitrogens with zero attached hydrogens (tertiary/aromatic N) is 1. The van der Waals surface area contributed by atoms with Crippen LogP contribution in [0.4, 0.5) is 0 Å². The molecule has 0 fully saturated rings. The molecular weight excluding hydrogens is 240 g/mol. The first-order valence-electron chi connectivity index (χ1n) is 6.98. The fraction of sp³-hybridized carbons (Fsp3) is 0.533. The summed E-state index contributed by atoms with van der Waals surface area (Å²) in [5, 5.41) is 0. The smallest absolute Gasteiger partial charge is 0.233 e. The summed E-state index contributed by atoms with van der Waals surface area (Å²) in [4.78, 5) is 14.5. The SMILES string of the molecule is CCCCN(CCN)C(=O)C1COc2ccccc21. The molecule has 1 aliphatic rings. The van der Waals surface area contributed by atoms with E-state index in [2.05, 4.69) is 6.92 Å². The summed E-state index contributed by atoms with van der Waals surface area (Å²) in [6.07, 6.45) is 2.09. The quantitative estimate of drug-likeness (QED) is 0.849. The van der Waals surface area contributed by atoms with Gasteiger partial charge in [-0.05, 0) is 12.5 Å². The van der Waals surface area contributed by atoms with Crippen LogP contribution in [0.2, 0.25) is 0 Å². The number of benzene rings is 1. The Hall–Kier alpha value is -1.55. The van der Waals surface area contributed by atoms with Crippen molar-refractivity contribution in [2.24, 2.45) is 5.73 Å². The number of rotatable bonds is 6. The molecule has 2 rings (SSSR count). The number of ether oxygens (including phenoxy) is 1. The standard InChI is InChI=1S/C15H22N2O2/c1-2-3-9-17(10-8-16)15(18)13-11-19-14-7-5-4-6-12(13)14/h4-7,13H,2-3,8-11,16H2,1H3. The van der Waals surface area contributed by atoms with E-state index in [9.17, 15) is 4.79 Å². The summed E-state index contributed by atoms with van der Waals surface area (Å²) in [7, 11) is 0. The number of hydrogen-bond donors (Lipinski definition) is 1. The van der Waals surface area contributed by atoms with Gasteiger partial charge in [0.2, 0.25) is 5.91 Å². The third-order valence-electron chi connectivity index (χ3n) is 3.49. The van der Waals surface area contributed by atoms with Crippen LogP contribution in [0.15, 0.2) is 24.3 Å². The molecule has 2 N–H and O–H groups in total. The van der Waals surface area contributed by atoms with Crippen LogP contribution in [0.1, 0.15) is 31.2 Å². The van der Waals surface area contributed by atoms with Crippen molar-refractivity contribution in [3.63, 3.8) is 0 Å². The van der Waals surface area contributed by atoms with Gasteiger partial charge in [-0.2, -0.15) is 0 Å². The van der Waals surface area contributed by atoms with E-state index in [4.69, 9.17) is 10.5 Å². The molecule has 1 heterocycles. The molecule has 4 nitrogen and oxygen atoms in total. The van der Waals surface area contributed by atoms with Crippen molar-refractivity contribution in [3.8, 4) is 5.75 Å². The highest BCUT2D eigenvalue weighted by Crippen LogP contribution is 2.34. The van der Waals surface area contributed by atoms with E-state index in [1.807, 2.05) is 29.2 Å². The summed E-state index contributed by atoms with van der Waals surface area (Å²) >= 11 is 0. The lowest BCUT2D eigenvalue weighted by Gasteiger charge is -2.24. The molecule has 0 saturated heterocycles. The predicted octanol–water partition coefficient (Wildman–Crippen LogP) is 1.75. The van der Waals surface area contributed by atoms with Crippen molar-refractivity contribution in [2.75, 3.05) is 26.2 Å². The second kappa shape index (κ2) is 6.57.